The number of halogens is 1. The lowest BCUT2D eigenvalue weighted by atomic mass is 9.83. The first-order valence-electron chi connectivity index (χ1n) is 28.5. The summed E-state index contributed by atoms with van der Waals surface area (Å²) in [5.41, 5.74) is -1.45. The second-order valence-corrected chi connectivity index (χ2v) is 23.9. The minimum Gasteiger partial charge on any atom is -0.459 e. The molecule has 5 heterocycles. The van der Waals surface area contributed by atoms with E-state index in [1.54, 1.807) is 52.4 Å². The van der Waals surface area contributed by atoms with Crippen molar-refractivity contribution in [3.05, 3.63) is 53.6 Å². The molecule has 6 rings (SSSR count). The maximum absolute atomic E-state index is 15.0. The van der Waals surface area contributed by atoms with Crippen LogP contribution >= 0.6 is 0 Å². The summed E-state index contributed by atoms with van der Waals surface area (Å²) in [4.78, 5) is 18.3. The van der Waals surface area contributed by atoms with Gasteiger partial charge in [-0.15, -0.1) is 10.2 Å². The van der Waals surface area contributed by atoms with Crippen LogP contribution in [-0.2, 0) is 44.4 Å². The van der Waals surface area contributed by atoms with Gasteiger partial charge in [-0.3, -0.25) is 4.79 Å². The zero-order valence-electron chi connectivity index (χ0n) is 49.5. The van der Waals surface area contributed by atoms with Crippen LogP contribution in [0.1, 0.15) is 156 Å². The van der Waals surface area contributed by atoms with Crippen molar-refractivity contribution in [3.8, 4) is 5.69 Å². The normalized spacial score (nSPS) is 37.0. The van der Waals surface area contributed by atoms with E-state index in [2.05, 4.69) is 34.5 Å². The summed E-state index contributed by atoms with van der Waals surface area (Å²) in [5, 5.41) is 77.1. The molecule has 2 aromatic heterocycles. The standard InChI is InChI=1S/C57H95FN8O13/c1-16-18-34(4)42-32-65(62-60-42)41-21-19-39(20-22-41)50(73-14)44(29-58)66-31-40(59-61-66)23-24-63(12)43-25-35(5)75-54(49(43)67)79-47-26-45(77-48-28-56(10,74-15)52(69)38(8)76-48)36(6)53(70)78-46(17-2)57(11,72)51(68)37(7)64(13)30-33(3)27-55(47,9)71/h19-22,31-38,43-52,54,67-69,71-72H,16-18,23-30H2,1-15H3/t33-,34?,35-,36-,37-,38+,43+,44-,45+,46-,47-,48+,49-,50-,51-,52+,54+,55-,56-,57-/m1/s1. The Balaban J connectivity index is 1.21. The number of ether oxygens (including phenoxy) is 7. The van der Waals surface area contributed by atoms with Crippen molar-refractivity contribution in [1.29, 1.82) is 0 Å². The summed E-state index contributed by atoms with van der Waals surface area (Å²) in [6.45, 7) is 19.9. The number of benzene rings is 1. The Kier molecular flexibility index (Phi) is 22.6. The fraction of sp³-hybridized carbons (Fsp3) is 0.807. The molecule has 0 aliphatic carbocycles. The molecule has 0 amide bonds. The molecule has 5 N–H and O–H groups in total. The Bertz CT molecular complexity index is 2350. The number of cyclic esters (lactones) is 1. The van der Waals surface area contributed by atoms with E-state index in [9.17, 15) is 30.3 Å². The van der Waals surface area contributed by atoms with Crippen LogP contribution in [0, 0.1) is 11.8 Å². The summed E-state index contributed by atoms with van der Waals surface area (Å²) >= 11 is 0. The van der Waals surface area contributed by atoms with Gasteiger partial charge in [-0.05, 0) is 112 Å². The second kappa shape index (κ2) is 27.6. The molecule has 1 unspecified atom stereocenters. The quantitative estimate of drug-likeness (QED) is 0.0963. The van der Waals surface area contributed by atoms with Crippen molar-refractivity contribution in [2.24, 2.45) is 11.8 Å². The first kappa shape index (κ1) is 64.5. The smallest absolute Gasteiger partial charge is 0.311 e. The topological polar surface area (TPSA) is 251 Å². The highest BCUT2D eigenvalue weighted by molar-refractivity contribution is 5.73. The van der Waals surface area contributed by atoms with Crippen LogP contribution in [0.25, 0.3) is 5.69 Å². The van der Waals surface area contributed by atoms with Gasteiger partial charge in [-0.25, -0.2) is 13.8 Å². The highest BCUT2D eigenvalue weighted by Crippen LogP contribution is 2.39. The molecule has 0 radical (unpaired) electrons. The van der Waals surface area contributed by atoms with E-state index in [-0.39, 0.29) is 31.6 Å². The number of methoxy groups -OCH3 is 2. The van der Waals surface area contributed by atoms with E-state index < -0.39 is 121 Å². The molecule has 20 atom stereocenters. The van der Waals surface area contributed by atoms with Crippen LogP contribution in [0.4, 0.5) is 4.39 Å². The van der Waals surface area contributed by atoms with Gasteiger partial charge in [0.05, 0.1) is 64.8 Å². The number of aliphatic hydroxyl groups is 5. The SMILES string of the molecule is CCCC(C)c1cn(-c2ccc([C@@H](OC)[C@@H](CF)n3cc(CCN(C)[C@H]4C[C@@H](C)O[C@@H](O[C@@H]5C[C@H](O[C@H]6C[C@@](C)(OC)[C@@H](O)[C@H](C)O6)[C@@H](C)C(=O)O[C@H](CC)[C@@](C)(O)[C@H](O)[C@@H](C)N(C)C[C@H](C)C[C@@]5(C)O)[C@@H]4O)nn3)cc2)nn1. The number of rotatable bonds is 19. The number of alkyl halides is 1. The molecule has 0 bridgehead atoms. The lowest BCUT2D eigenvalue weighted by Gasteiger charge is -2.47. The summed E-state index contributed by atoms with van der Waals surface area (Å²) in [6.07, 6.45) is -4.01. The summed E-state index contributed by atoms with van der Waals surface area (Å²) in [7, 11) is 6.75. The third-order valence-corrected chi connectivity index (χ3v) is 17.3. The predicted molar refractivity (Wildman–Crippen MR) is 292 cm³/mol. The molecule has 22 heteroatoms. The Labute approximate surface area is 467 Å². The van der Waals surface area contributed by atoms with Crippen LogP contribution in [0.15, 0.2) is 36.7 Å². The highest BCUT2D eigenvalue weighted by Gasteiger charge is 2.51. The minimum atomic E-state index is -1.85. The largest absolute Gasteiger partial charge is 0.459 e. The Morgan fingerprint density at radius 3 is 2.25 bits per heavy atom. The lowest BCUT2D eigenvalue weighted by molar-refractivity contribution is -0.308. The number of likely N-dealkylation sites (N-methyl/N-ethyl adjacent to an activating group) is 2. The monoisotopic (exact) mass is 1120 g/mol. The summed E-state index contributed by atoms with van der Waals surface area (Å²) in [5.74, 6) is -1.71. The van der Waals surface area contributed by atoms with Crippen LogP contribution in [0.3, 0.4) is 0 Å². The van der Waals surface area contributed by atoms with E-state index in [0.29, 0.717) is 37.5 Å². The molecule has 0 spiro atoms. The van der Waals surface area contributed by atoms with Crippen LogP contribution < -0.4 is 0 Å². The minimum absolute atomic E-state index is 0.0888. The number of carbonyl (C=O) groups is 1. The maximum Gasteiger partial charge on any atom is 0.311 e. The fourth-order valence-electron chi connectivity index (χ4n) is 11.9. The van der Waals surface area contributed by atoms with Gasteiger partial charge < -0.3 is 68.5 Å². The number of aliphatic hydroxyl groups excluding tert-OH is 3. The third-order valence-electron chi connectivity index (χ3n) is 17.3. The zero-order chi connectivity index (χ0) is 58.3. The van der Waals surface area contributed by atoms with Crippen molar-refractivity contribution in [3.63, 3.8) is 0 Å². The second-order valence-electron chi connectivity index (χ2n) is 23.9. The van der Waals surface area contributed by atoms with Crippen LogP contribution in [0.2, 0.25) is 0 Å². The number of hydrogen-bond donors (Lipinski definition) is 5. The third kappa shape index (κ3) is 15.3. The molecule has 3 aliphatic rings. The molecule has 0 saturated carbocycles. The molecule has 1 aromatic carbocycles. The maximum atomic E-state index is 15.0. The van der Waals surface area contributed by atoms with Gasteiger partial charge >= 0.3 is 5.97 Å². The molecule has 79 heavy (non-hydrogen) atoms. The Morgan fingerprint density at radius 2 is 1.62 bits per heavy atom. The first-order chi connectivity index (χ1) is 37.2. The van der Waals surface area contributed by atoms with Gasteiger partial charge in [-0.1, -0.05) is 56.7 Å². The number of hydrogen-bond acceptors (Lipinski definition) is 19. The molecule has 3 aliphatic heterocycles. The van der Waals surface area contributed by atoms with Gasteiger partial charge in [-0.2, -0.15) is 0 Å². The number of nitrogens with zero attached hydrogens (tertiary/aromatic N) is 8. The summed E-state index contributed by atoms with van der Waals surface area (Å²) in [6, 6.07) is 5.69. The van der Waals surface area contributed by atoms with Crippen LogP contribution in [0.5, 0.6) is 0 Å². The summed E-state index contributed by atoms with van der Waals surface area (Å²) < 4.78 is 62.2. The predicted octanol–water partition coefficient (Wildman–Crippen LogP) is 5.24. The van der Waals surface area contributed by atoms with E-state index in [0.717, 1.165) is 29.8 Å². The molecule has 3 saturated heterocycles. The Morgan fingerprint density at radius 1 is 0.924 bits per heavy atom. The number of aromatic nitrogens is 6. The van der Waals surface area contributed by atoms with Crippen LogP contribution in [-0.4, -0.2) is 210 Å². The zero-order valence-corrected chi connectivity index (χ0v) is 49.5. The van der Waals surface area contributed by atoms with Gasteiger partial charge in [0, 0.05) is 70.8 Å². The van der Waals surface area contributed by atoms with Gasteiger partial charge in [0.15, 0.2) is 12.6 Å². The fourth-order valence-corrected chi connectivity index (χ4v) is 11.9. The molecule has 3 aromatic rings. The van der Waals surface area contributed by atoms with Gasteiger partial charge in [0.1, 0.15) is 48.8 Å². The van der Waals surface area contributed by atoms with Gasteiger partial charge in [0.25, 0.3) is 0 Å². The van der Waals surface area contributed by atoms with Crippen molar-refractivity contribution in [1.82, 2.24) is 39.8 Å². The van der Waals surface area contributed by atoms with E-state index in [4.69, 9.17) is 33.2 Å². The molecule has 448 valence electrons. The van der Waals surface area contributed by atoms with Crippen molar-refractivity contribution in [2.45, 2.75) is 236 Å². The van der Waals surface area contributed by atoms with Crippen molar-refractivity contribution < 1.29 is 67.9 Å². The number of esters is 1. The van der Waals surface area contributed by atoms with E-state index >= 15 is 4.39 Å². The van der Waals surface area contributed by atoms with Crippen molar-refractivity contribution >= 4 is 5.97 Å². The van der Waals surface area contributed by atoms with E-state index in [1.807, 2.05) is 68.2 Å². The molecule has 3 fully saturated rings. The molecular weight excluding hydrogens is 1020 g/mol. The Hall–Kier alpha value is -3.62. The first-order valence-corrected chi connectivity index (χ1v) is 28.5. The average molecular weight is 1120 g/mol. The van der Waals surface area contributed by atoms with Crippen molar-refractivity contribution in [2.75, 3.05) is 48.1 Å². The van der Waals surface area contributed by atoms with Gasteiger partial charge in [0.2, 0.25) is 0 Å². The molecule has 21 nitrogen and oxygen atoms in total. The lowest BCUT2D eigenvalue weighted by Crippen LogP contribution is -2.59. The molecular formula is C57H95FN8O13. The van der Waals surface area contributed by atoms with E-state index in [1.165, 1.54) is 25.8 Å². The average Bonchev–Trinajstić information content (AvgIpc) is 4.19. The number of carbonyl (C=O) groups excluding carboxylic acids is 1. The highest BCUT2D eigenvalue weighted by atomic mass is 19.1.